The van der Waals surface area contributed by atoms with Crippen molar-refractivity contribution in [1.29, 1.82) is 0 Å². The molecule has 3 rings (SSSR count). The third kappa shape index (κ3) is 3.49. The van der Waals surface area contributed by atoms with E-state index in [4.69, 9.17) is 0 Å². The van der Waals surface area contributed by atoms with Crippen LogP contribution in [0.25, 0.3) is 0 Å². The number of piperidine rings is 1. The second kappa shape index (κ2) is 6.78. The standard InChI is InChI=1S/C18H25FN2O/c1-13(16-11-20-12-16)18(22)21-8-6-15(7-9-21)10-14-2-4-17(19)5-3-14/h2-5,13,15-16,20H,6-12H2,1H3. The number of amides is 1. The van der Waals surface area contributed by atoms with Gasteiger partial charge >= 0.3 is 0 Å². The maximum Gasteiger partial charge on any atom is 0.225 e. The Morgan fingerprint density at radius 3 is 2.45 bits per heavy atom. The van der Waals surface area contributed by atoms with Crippen LogP contribution in [0.2, 0.25) is 0 Å². The zero-order valence-corrected chi connectivity index (χ0v) is 13.2. The Morgan fingerprint density at radius 2 is 1.91 bits per heavy atom. The average molecular weight is 304 g/mol. The molecule has 2 aliphatic heterocycles. The third-order valence-corrected chi connectivity index (χ3v) is 5.27. The van der Waals surface area contributed by atoms with Crippen LogP contribution < -0.4 is 5.32 Å². The molecule has 1 aromatic carbocycles. The summed E-state index contributed by atoms with van der Waals surface area (Å²) < 4.78 is 12.9. The van der Waals surface area contributed by atoms with Crippen molar-refractivity contribution in [3.8, 4) is 0 Å². The van der Waals surface area contributed by atoms with Crippen molar-refractivity contribution >= 4 is 5.91 Å². The monoisotopic (exact) mass is 304 g/mol. The van der Waals surface area contributed by atoms with Crippen LogP contribution in [0.15, 0.2) is 24.3 Å². The molecule has 0 aromatic heterocycles. The number of halogens is 1. The molecule has 0 saturated carbocycles. The van der Waals surface area contributed by atoms with Gasteiger partial charge in [0.2, 0.25) is 5.91 Å². The largest absolute Gasteiger partial charge is 0.342 e. The van der Waals surface area contributed by atoms with Gasteiger partial charge in [-0.1, -0.05) is 19.1 Å². The molecule has 2 heterocycles. The molecule has 22 heavy (non-hydrogen) atoms. The first-order chi connectivity index (χ1) is 10.6. The topological polar surface area (TPSA) is 32.3 Å². The van der Waals surface area contributed by atoms with E-state index in [9.17, 15) is 9.18 Å². The van der Waals surface area contributed by atoms with Gasteiger partial charge in [-0.3, -0.25) is 4.79 Å². The Morgan fingerprint density at radius 1 is 1.27 bits per heavy atom. The van der Waals surface area contributed by atoms with Crippen LogP contribution in [0.4, 0.5) is 4.39 Å². The van der Waals surface area contributed by atoms with Gasteiger partial charge in [0.25, 0.3) is 0 Å². The Bertz CT molecular complexity index is 504. The minimum atomic E-state index is -0.177. The zero-order valence-electron chi connectivity index (χ0n) is 13.2. The van der Waals surface area contributed by atoms with Gasteiger partial charge in [-0.25, -0.2) is 4.39 Å². The Hall–Kier alpha value is -1.42. The molecular formula is C18H25FN2O. The van der Waals surface area contributed by atoms with Crippen molar-refractivity contribution in [3.63, 3.8) is 0 Å². The van der Waals surface area contributed by atoms with Crippen molar-refractivity contribution in [2.45, 2.75) is 26.2 Å². The van der Waals surface area contributed by atoms with E-state index in [1.54, 1.807) is 0 Å². The predicted octanol–water partition coefficient (Wildman–Crippen LogP) is 2.46. The van der Waals surface area contributed by atoms with Crippen LogP contribution in [0.3, 0.4) is 0 Å². The highest BCUT2D eigenvalue weighted by molar-refractivity contribution is 5.79. The van der Waals surface area contributed by atoms with Gasteiger partial charge in [0.05, 0.1) is 0 Å². The number of benzene rings is 1. The molecule has 1 amide bonds. The summed E-state index contributed by atoms with van der Waals surface area (Å²) in [6.07, 6.45) is 3.10. The summed E-state index contributed by atoms with van der Waals surface area (Å²) in [4.78, 5) is 14.5. The summed E-state index contributed by atoms with van der Waals surface area (Å²) >= 11 is 0. The average Bonchev–Trinajstić information content (AvgIpc) is 2.48. The number of hydrogen-bond acceptors (Lipinski definition) is 2. The lowest BCUT2D eigenvalue weighted by atomic mass is 9.86. The molecular weight excluding hydrogens is 279 g/mol. The zero-order chi connectivity index (χ0) is 15.5. The van der Waals surface area contributed by atoms with Gasteiger partial charge < -0.3 is 10.2 Å². The van der Waals surface area contributed by atoms with Crippen LogP contribution >= 0.6 is 0 Å². The molecule has 3 nitrogen and oxygen atoms in total. The van der Waals surface area contributed by atoms with Crippen molar-refractivity contribution in [1.82, 2.24) is 10.2 Å². The van der Waals surface area contributed by atoms with E-state index in [0.717, 1.165) is 45.4 Å². The molecule has 1 aromatic rings. The maximum atomic E-state index is 12.9. The van der Waals surface area contributed by atoms with Crippen LogP contribution in [0.1, 0.15) is 25.3 Å². The van der Waals surface area contributed by atoms with Crippen molar-refractivity contribution < 1.29 is 9.18 Å². The molecule has 1 atom stereocenters. The summed E-state index contributed by atoms with van der Waals surface area (Å²) in [7, 11) is 0. The van der Waals surface area contributed by atoms with Gasteiger partial charge in [-0.15, -0.1) is 0 Å². The predicted molar refractivity (Wildman–Crippen MR) is 84.9 cm³/mol. The van der Waals surface area contributed by atoms with E-state index in [1.807, 2.05) is 17.0 Å². The quantitative estimate of drug-likeness (QED) is 0.927. The highest BCUT2D eigenvalue weighted by atomic mass is 19.1. The highest BCUT2D eigenvalue weighted by Gasteiger charge is 2.33. The van der Waals surface area contributed by atoms with Gasteiger partial charge in [-0.05, 0) is 61.9 Å². The van der Waals surface area contributed by atoms with Gasteiger partial charge in [0.15, 0.2) is 0 Å². The smallest absolute Gasteiger partial charge is 0.225 e. The molecule has 2 fully saturated rings. The molecule has 0 spiro atoms. The Kier molecular flexibility index (Phi) is 4.77. The number of rotatable bonds is 4. The first kappa shape index (κ1) is 15.5. The Labute approximate surface area is 131 Å². The van der Waals surface area contributed by atoms with E-state index >= 15 is 0 Å². The minimum Gasteiger partial charge on any atom is -0.342 e. The lowest BCUT2D eigenvalue weighted by molar-refractivity contribution is -0.138. The molecule has 0 radical (unpaired) electrons. The van der Waals surface area contributed by atoms with Gasteiger partial charge in [0, 0.05) is 19.0 Å². The summed E-state index contributed by atoms with van der Waals surface area (Å²) in [5.74, 6) is 1.42. The van der Waals surface area contributed by atoms with Gasteiger partial charge in [0.1, 0.15) is 5.82 Å². The van der Waals surface area contributed by atoms with E-state index < -0.39 is 0 Å². The fraction of sp³-hybridized carbons (Fsp3) is 0.611. The Balaban J connectivity index is 1.47. The molecule has 1 unspecified atom stereocenters. The van der Waals surface area contributed by atoms with Crippen LogP contribution in [0, 0.1) is 23.6 Å². The molecule has 2 aliphatic rings. The lowest BCUT2D eigenvalue weighted by Gasteiger charge is -2.38. The molecule has 4 heteroatoms. The van der Waals surface area contributed by atoms with E-state index in [2.05, 4.69) is 12.2 Å². The SMILES string of the molecule is CC(C(=O)N1CCC(Cc2ccc(F)cc2)CC1)C1CNC1. The number of nitrogens with one attached hydrogen (secondary N) is 1. The lowest BCUT2D eigenvalue weighted by Crippen LogP contribution is -2.51. The highest BCUT2D eigenvalue weighted by Crippen LogP contribution is 2.25. The third-order valence-electron chi connectivity index (χ3n) is 5.27. The number of carbonyl (C=O) groups is 1. The number of hydrogen-bond donors (Lipinski definition) is 1. The van der Waals surface area contributed by atoms with Crippen molar-refractivity contribution in [2.75, 3.05) is 26.2 Å². The molecule has 0 aliphatic carbocycles. The first-order valence-electron chi connectivity index (χ1n) is 8.37. The molecule has 0 bridgehead atoms. The van der Waals surface area contributed by atoms with E-state index in [-0.39, 0.29) is 11.7 Å². The van der Waals surface area contributed by atoms with E-state index in [1.165, 1.54) is 17.7 Å². The summed E-state index contributed by atoms with van der Waals surface area (Å²) in [5, 5.41) is 3.24. The normalized spacial score (nSPS) is 21.5. The second-order valence-corrected chi connectivity index (χ2v) is 6.81. The fourth-order valence-corrected chi connectivity index (χ4v) is 3.47. The first-order valence-corrected chi connectivity index (χ1v) is 8.37. The van der Waals surface area contributed by atoms with E-state index in [0.29, 0.717) is 17.7 Å². The summed E-state index contributed by atoms with van der Waals surface area (Å²) in [6, 6.07) is 6.81. The van der Waals surface area contributed by atoms with Crippen LogP contribution in [0.5, 0.6) is 0 Å². The number of likely N-dealkylation sites (tertiary alicyclic amines) is 1. The van der Waals surface area contributed by atoms with Gasteiger partial charge in [-0.2, -0.15) is 0 Å². The fourth-order valence-electron chi connectivity index (χ4n) is 3.47. The van der Waals surface area contributed by atoms with Crippen molar-refractivity contribution in [3.05, 3.63) is 35.6 Å². The number of nitrogens with zero attached hydrogens (tertiary/aromatic N) is 1. The summed E-state index contributed by atoms with van der Waals surface area (Å²) in [6.45, 7) is 5.77. The number of carbonyl (C=O) groups excluding carboxylic acids is 1. The molecule has 1 N–H and O–H groups in total. The molecule has 120 valence electrons. The second-order valence-electron chi connectivity index (χ2n) is 6.81. The van der Waals surface area contributed by atoms with Crippen LogP contribution in [-0.4, -0.2) is 37.0 Å². The summed E-state index contributed by atoms with van der Waals surface area (Å²) in [5.41, 5.74) is 1.19. The minimum absolute atomic E-state index is 0.148. The van der Waals surface area contributed by atoms with Crippen LogP contribution in [-0.2, 0) is 11.2 Å². The van der Waals surface area contributed by atoms with Crippen molar-refractivity contribution in [2.24, 2.45) is 17.8 Å². The molecule has 2 saturated heterocycles. The maximum absolute atomic E-state index is 12.9.